The second kappa shape index (κ2) is 10.6. The van der Waals surface area contributed by atoms with Crippen LogP contribution in [0.5, 0.6) is 5.75 Å². The highest BCUT2D eigenvalue weighted by atomic mass is 35.5. The van der Waals surface area contributed by atoms with Crippen molar-refractivity contribution in [3.8, 4) is 5.75 Å². The van der Waals surface area contributed by atoms with Crippen LogP contribution in [-0.2, 0) is 14.8 Å². The van der Waals surface area contributed by atoms with Gasteiger partial charge in [-0.25, -0.2) is 8.42 Å². The van der Waals surface area contributed by atoms with E-state index in [4.69, 9.17) is 16.3 Å². The number of hydrogen-bond acceptors (Lipinski definition) is 5. The number of sulfonamides is 1. The van der Waals surface area contributed by atoms with Gasteiger partial charge in [0.15, 0.2) is 0 Å². The lowest BCUT2D eigenvalue weighted by Gasteiger charge is -2.42. The van der Waals surface area contributed by atoms with Gasteiger partial charge in [-0.3, -0.25) is 4.79 Å². The first-order valence-electron chi connectivity index (χ1n) is 11.1. The van der Waals surface area contributed by atoms with Gasteiger partial charge in [0.2, 0.25) is 10.0 Å². The molecule has 3 atom stereocenters. The minimum absolute atomic E-state index is 0.132. The number of benzene rings is 3. The Morgan fingerprint density at radius 2 is 1.71 bits per heavy atom. The molecule has 0 radical (unpaired) electrons. The van der Waals surface area contributed by atoms with Crippen molar-refractivity contribution in [3.63, 3.8) is 0 Å². The van der Waals surface area contributed by atoms with E-state index in [2.05, 4.69) is 0 Å². The van der Waals surface area contributed by atoms with Crippen molar-refractivity contribution in [2.24, 2.45) is 5.92 Å². The molecule has 35 heavy (non-hydrogen) atoms. The number of piperidine rings is 1. The van der Waals surface area contributed by atoms with Crippen LogP contribution >= 0.6 is 23.4 Å². The third-order valence-corrected chi connectivity index (χ3v) is 9.88. The largest absolute Gasteiger partial charge is 0.497 e. The van der Waals surface area contributed by atoms with Gasteiger partial charge in [0.05, 0.1) is 24.0 Å². The molecule has 1 aliphatic heterocycles. The Labute approximate surface area is 214 Å². The first-order chi connectivity index (χ1) is 16.7. The van der Waals surface area contributed by atoms with E-state index in [0.29, 0.717) is 22.8 Å². The number of carboxylic acids is 1. The predicted octanol–water partition coefficient (Wildman–Crippen LogP) is 5.65. The normalized spacial score (nSPS) is 20.9. The van der Waals surface area contributed by atoms with Crippen molar-refractivity contribution in [2.45, 2.75) is 34.4 Å². The smallest absolute Gasteiger partial charge is 0.308 e. The maximum atomic E-state index is 13.8. The maximum Gasteiger partial charge on any atom is 0.308 e. The van der Waals surface area contributed by atoms with Gasteiger partial charge >= 0.3 is 5.97 Å². The Morgan fingerprint density at radius 1 is 1.06 bits per heavy atom. The van der Waals surface area contributed by atoms with Crippen molar-refractivity contribution >= 4 is 39.4 Å². The molecule has 1 N–H and O–H groups in total. The fourth-order valence-electron chi connectivity index (χ4n) is 4.36. The quantitative estimate of drug-likeness (QED) is 0.424. The standard InChI is InChI=1S/C26H26ClNO5S2/c1-17-5-3-4-6-25(17)35(31,32)28-16-22(26(29)30)24(34-21-13-11-20(33-2)12-14-21)15-23(28)18-7-9-19(27)10-8-18/h3-14,22-24H,15-16H2,1-2H3,(H,29,30)/t22-,23+,24-/m1/s1. The van der Waals surface area contributed by atoms with Crippen molar-refractivity contribution in [1.29, 1.82) is 0 Å². The number of thioether (sulfide) groups is 1. The molecule has 3 aromatic rings. The summed E-state index contributed by atoms with van der Waals surface area (Å²) in [5.41, 5.74) is 1.39. The molecular formula is C26H26ClNO5S2. The van der Waals surface area contributed by atoms with E-state index in [-0.39, 0.29) is 16.7 Å². The van der Waals surface area contributed by atoms with Gasteiger partial charge in [0.1, 0.15) is 5.75 Å². The van der Waals surface area contributed by atoms with Gasteiger partial charge < -0.3 is 9.84 Å². The number of halogens is 1. The van der Waals surface area contributed by atoms with Crippen molar-refractivity contribution < 1.29 is 23.1 Å². The Kier molecular flexibility index (Phi) is 7.76. The molecule has 0 aliphatic carbocycles. The molecule has 0 unspecified atom stereocenters. The lowest BCUT2D eigenvalue weighted by molar-refractivity contribution is -0.143. The molecule has 184 valence electrons. The first kappa shape index (κ1) is 25.6. The fourth-order valence-corrected chi connectivity index (χ4v) is 7.65. The Hall–Kier alpha value is -2.52. The zero-order valence-electron chi connectivity index (χ0n) is 19.3. The molecular weight excluding hydrogens is 506 g/mol. The minimum Gasteiger partial charge on any atom is -0.497 e. The van der Waals surface area contributed by atoms with Gasteiger partial charge in [-0.15, -0.1) is 11.8 Å². The predicted molar refractivity (Wildman–Crippen MR) is 138 cm³/mol. The number of ether oxygens (including phenoxy) is 1. The third-order valence-electron chi connectivity index (χ3n) is 6.23. The summed E-state index contributed by atoms with van der Waals surface area (Å²) in [6, 6.07) is 20.7. The number of methoxy groups -OCH3 is 1. The SMILES string of the molecule is COc1ccc(S[C@@H]2C[C@@H](c3ccc(Cl)cc3)N(S(=O)(=O)c3ccccc3C)C[C@H]2C(=O)O)cc1. The van der Waals surface area contributed by atoms with Gasteiger partial charge in [-0.2, -0.15) is 4.31 Å². The van der Waals surface area contributed by atoms with Crippen molar-refractivity contribution in [3.05, 3.63) is 88.9 Å². The van der Waals surface area contributed by atoms with Crippen LogP contribution in [0.4, 0.5) is 0 Å². The van der Waals surface area contributed by atoms with E-state index >= 15 is 0 Å². The number of nitrogens with zero attached hydrogens (tertiary/aromatic N) is 1. The topological polar surface area (TPSA) is 83.9 Å². The molecule has 0 spiro atoms. The lowest BCUT2D eigenvalue weighted by Crippen LogP contribution is -2.49. The molecule has 1 saturated heterocycles. The Morgan fingerprint density at radius 3 is 2.31 bits per heavy atom. The van der Waals surface area contributed by atoms with E-state index in [9.17, 15) is 18.3 Å². The summed E-state index contributed by atoms with van der Waals surface area (Å²) in [6.45, 7) is 1.61. The van der Waals surface area contributed by atoms with Crippen LogP contribution in [0.15, 0.2) is 82.6 Å². The van der Waals surface area contributed by atoms with Gasteiger partial charge in [-0.05, 0) is 66.9 Å². The lowest BCUT2D eigenvalue weighted by atomic mass is 9.90. The zero-order chi connectivity index (χ0) is 25.2. The van der Waals surface area contributed by atoms with Crippen molar-refractivity contribution in [2.75, 3.05) is 13.7 Å². The van der Waals surface area contributed by atoms with Crippen LogP contribution in [0.25, 0.3) is 0 Å². The number of hydrogen-bond donors (Lipinski definition) is 1. The molecule has 4 rings (SSSR count). The zero-order valence-corrected chi connectivity index (χ0v) is 21.7. The van der Waals surface area contributed by atoms with Crippen molar-refractivity contribution in [1.82, 2.24) is 4.31 Å². The van der Waals surface area contributed by atoms with E-state index in [1.165, 1.54) is 16.1 Å². The number of carboxylic acid groups (broad SMARTS) is 1. The number of rotatable bonds is 7. The molecule has 0 saturated carbocycles. The highest BCUT2D eigenvalue weighted by Gasteiger charge is 2.45. The van der Waals surface area contributed by atoms with E-state index < -0.39 is 28.0 Å². The molecule has 9 heteroatoms. The Bertz CT molecular complexity index is 1300. The molecule has 1 fully saturated rings. The third kappa shape index (κ3) is 5.51. The van der Waals surface area contributed by atoms with Crippen LogP contribution < -0.4 is 4.74 Å². The van der Waals surface area contributed by atoms with E-state index in [1.54, 1.807) is 50.4 Å². The Balaban J connectivity index is 1.75. The second-order valence-electron chi connectivity index (χ2n) is 8.42. The van der Waals surface area contributed by atoms with Gasteiger partial charge in [0.25, 0.3) is 0 Å². The minimum atomic E-state index is -3.96. The molecule has 1 aliphatic rings. The average molecular weight is 532 g/mol. The molecule has 1 heterocycles. The molecule has 0 aromatic heterocycles. The highest BCUT2D eigenvalue weighted by Crippen LogP contribution is 2.44. The fraction of sp³-hybridized carbons (Fsp3) is 0.269. The summed E-state index contributed by atoms with van der Waals surface area (Å²) < 4.78 is 34.3. The molecule has 3 aromatic carbocycles. The summed E-state index contributed by atoms with van der Waals surface area (Å²) in [5.74, 6) is -1.19. The highest BCUT2D eigenvalue weighted by molar-refractivity contribution is 8.00. The molecule has 6 nitrogen and oxygen atoms in total. The molecule has 0 bridgehead atoms. The van der Waals surface area contributed by atoms with Crippen LogP contribution in [0.1, 0.15) is 23.6 Å². The first-order valence-corrected chi connectivity index (χ1v) is 13.8. The average Bonchev–Trinajstić information content (AvgIpc) is 2.84. The van der Waals surface area contributed by atoms with E-state index in [0.717, 1.165) is 10.5 Å². The number of carbonyl (C=O) groups is 1. The number of aliphatic carboxylic acids is 1. The van der Waals surface area contributed by atoms with Crippen LogP contribution in [0, 0.1) is 12.8 Å². The van der Waals surface area contributed by atoms with E-state index in [1.807, 2.05) is 36.4 Å². The molecule has 0 amide bonds. The summed E-state index contributed by atoms with van der Waals surface area (Å²) in [4.78, 5) is 13.4. The summed E-state index contributed by atoms with van der Waals surface area (Å²) in [7, 11) is -2.37. The van der Waals surface area contributed by atoms with Gasteiger partial charge in [0, 0.05) is 21.7 Å². The monoisotopic (exact) mass is 531 g/mol. The van der Waals surface area contributed by atoms with Crippen LogP contribution in [-0.4, -0.2) is 42.7 Å². The summed E-state index contributed by atoms with van der Waals surface area (Å²) >= 11 is 7.54. The summed E-state index contributed by atoms with van der Waals surface area (Å²) in [6.07, 6.45) is 0.334. The van der Waals surface area contributed by atoms with Gasteiger partial charge in [-0.1, -0.05) is 41.9 Å². The maximum absolute atomic E-state index is 13.8. The van der Waals surface area contributed by atoms with Crippen LogP contribution in [0.2, 0.25) is 5.02 Å². The summed E-state index contributed by atoms with van der Waals surface area (Å²) in [5, 5.41) is 10.3. The van der Waals surface area contributed by atoms with Crippen LogP contribution in [0.3, 0.4) is 0 Å². The second-order valence-corrected chi connectivity index (χ2v) is 12.0. The number of aryl methyl sites for hydroxylation is 1.